The van der Waals surface area contributed by atoms with E-state index < -0.39 is 11.5 Å². The molecule has 1 aliphatic heterocycles. The van der Waals surface area contributed by atoms with E-state index in [1.165, 1.54) is 25.7 Å². The summed E-state index contributed by atoms with van der Waals surface area (Å²) in [5, 5.41) is 12.1. The molecule has 0 bridgehead atoms. The fourth-order valence-corrected chi connectivity index (χ4v) is 4.01. The van der Waals surface area contributed by atoms with Gasteiger partial charge in [0.2, 0.25) is 0 Å². The summed E-state index contributed by atoms with van der Waals surface area (Å²) in [5.41, 5.74) is -0.109. The Kier molecular flexibility index (Phi) is 5.56. The molecule has 1 aliphatic carbocycles. The third kappa shape index (κ3) is 4.50. The molecule has 0 atom stereocenters. The fourth-order valence-electron chi connectivity index (χ4n) is 4.01. The zero-order chi connectivity index (χ0) is 17.7. The summed E-state index contributed by atoms with van der Waals surface area (Å²) in [6.07, 6.45) is 9.86. The van der Waals surface area contributed by atoms with Crippen LogP contribution < -0.4 is 10.2 Å². The third-order valence-corrected chi connectivity index (χ3v) is 5.37. The van der Waals surface area contributed by atoms with Crippen LogP contribution in [0.2, 0.25) is 0 Å². The molecule has 1 aromatic rings. The van der Waals surface area contributed by atoms with E-state index in [1.807, 2.05) is 6.07 Å². The number of aliphatic carboxylic acids is 1. The standard InChI is InChI=1S/C19H27N3O3/c23-17(24)13-19(9-3-4-10-19)21-18(25)15-7-8-16(20-14-15)22-11-5-1-2-6-12-22/h7-8,14H,1-6,9-13H2,(H,21,25)(H,23,24). The molecule has 1 saturated carbocycles. The minimum absolute atomic E-state index is 0.0158. The van der Waals surface area contributed by atoms with Gasteiger partial charge in [-0.25, -0.2) is 4.98 Å². The van der Waals surface area contributed by atoms with Gasteiger partial charge >= 0.3 is 5.97 Å². The third-order valence-electron chi connectivity index (χ3n) is 5.37. The van der Waals surface area contributed by atoms with Crippen LogP contribution in [0, 0.1) is 0 Å². The normalized spacial score (nSPS) is 20.1. The molecule has 1 aromatic heterocycles. The molecular formula is C19H27N3O3. The predicted molar refractivity (Wildman–Crippen MR) is 95.8 cm³/mol. The maximum atomic E-state index is 12.6. The van der Waals surface area contributed by atoms with Crippen LogP contribution in [0.15, 0.2) is 18.3 Å². The molecule has 0 aromatic carbocycles. The topological polar surface area (TPSA) is 82.5 Å². The zero-order valence-corrected chi connectivity index (χ0v) is 14.7. The van der Waals surface area contributed by atoms with Crippen molar-refractivity contribution >= 4 is 17.7 Å². The van der Waals surface area contributed by atoms with Crippen LogP contribution in [0.5, 0.6) is 0 Å². The fraction of sp³-hybridized carbons (Fsp3) is 0.632. The maximum Gasteiger partial charge on any atom is 0.305 e. The Bertz CT molecular complexity index is 601. The van der Waals surface area contributed by atoms with Gasteiger partial charge in [-0.1, -0.05) is 25.7 Å². The second-order valence-corrected chi connectivity index (χ2v) is 7.32. The van der Waals surface area contributed by atoms with Gasteiger partial charge in [0.05, 0.1) is 17.5 Å². The number of anilines is 1. The molecule has 3 rings (SSSR count). The van der Waals surface area contributed by atoms with E-state index in [0.717, 1.165) is 44.6 Å². The first-order chi connectivity index (χ1) is 12.1. The Morgan fingerprint density at radius 3 is 2.32 bits per heavy atom. The molecule has 1 saturated heterocycles. The van der Waals surface area contributed by atoms with Crippen LogP contribution in [0.3, 0.4) is 0 Å². The van der Waals surface area contributed by atoms with Crippen LogP contribution in [0.1, 0.15) is 68.1 Å². The Labute approximate surface area is 148 Å². The minimum Gasteiger partial charge on any atom is -0.481 e. The SMILES string of the molecule is O=C(O)CC1(NC(=O)c2ccc(N3CCCCCC3)nc2)CCCC1. The average Bonchev–Trinajstić information content (AvgIpc) is 2.86. The Balaban J connectivity index is 1.66. The lowest BCUT2D eigenvalue weighted by atomic mass is 9.93. The number of pyridine rings is 1. The molecule has 6 heteroatoms. The highest BCUT2D eigenvalue weighted by atomic mass is 16.4. The first-order valence-corrected chi connectivity index (χ1v) is 9.33. The van der Waals surface area contributed by atoms with E-state index >= 15 is 0 Å². The van der Waals surface area contributed by atoms with Crippen LogP contribution in [0.25, 0.3) is 0 Å². The van der Waals surface area contributed by atoms with Gasteiger partial charge < -0.3 is 15.3 Å². The van der Waals surface area contributed by atoms with Crippen LogP contribution >= 0.6 is 0 Å². The number of rotatable bonds is 5. The number of hydrogen-bond acceptors (Lipinski definition) is 4. The van der Waals surface area contributed by atoms with Gasteiger partial charge in [-0.05, 0) is 37.8 Å². The van der Waals surface area contributed by atoms with Crippen molar-refractivity contribution in [2.24, 2.45) is 0 Å². The summed E-state index contributed by atoms with van der Waals surface area (Å²) >= 11 is 0. The Hall–Kier alpha value is -2.11. The molecule has 25 heavy (non-hydrogen) atoms. The maximum absolute atomic E-state index is 12.6. The first-order valence-electron chi connectivity index (χ1n) is 9.33. The summed E-state index contributed by atoms with van der Waals surface area (Å²) in [6, 6.07) is 3.70. The highest BCUT2D eigenvalue weighted by Gasteiger charge is 2.37. The molecule has 0 radical (unpaired) electrons. The molecule has 2 fully saturated rings. The minimum atomic E-state index is -0.864. The molecule has 136 valence electrons. The number of carboxylic acids is 1. The monoisotopic (exact) mass is 345 g/mol. The van der Waals surface area contributed by atoms with Crippen molar-refractivity contribution in [3.63, 3.8) is 0 Å². The number of hydrogen-bond donors (Lipinski definition) is 2. The van der Waals surface area contributed by atoms with Crippen molar-refractivity contribution in [3.8, 4) is 0 Å². The largest absolute Gasteiger partial charge is 0.481 e. The van der Waals surface area contributed by atoms with E-state index in [0.29, 0.717) is 5.56 Å². The molecule has 2 heterocycles. The van der Waals surface area contributed by atoms with Crippen molar-refractivity contribution < 1.29 is 14.7 Å². The quantitative estimate of drug-likeness (QED) is 0.857. The smallest absolute Gasteiger partial charge is 0.305 e. The molecule has 0 spiro atoms. The first kappa shape index (κ1) is 17.7. The van der Waals surface area contributed by atoms with Gasteiger partial charge in [0.15, 0.2) is 0 Å². The van der Waals surface area contributed by atoms with Gasteiger partial charge in [-0.15, -0.1) is 0 Å². The van der Waals surface area contributed by atoms with Crippen molar-refractivity contribution in [2.45, 2.75) is 63.3 Å². The van der Waals surface area contributed by atoms with E-state index in [4.69, 9.17) is 5.11 Å². The molecule has 2 aliphatic rings. The van der Waals surface area contributed by atoms with Crippen molar-refractivity contribution in [1.82, 2.24) is 10.3 Å². The van der Waals surface area contributed by atoms with Crippen molar-refractivity contribution in [1.29, 1.82) is 0 Å². The van der Waals surface area contributed by atoms with Gasteiger partial charge in [0.25, 0.3) is 5.91 Å². The van der Waals surface area contributed by atoms with Gasteiger partial charge in [-0.3, -0.25) is 9.59 Å². The number of amides is 1. The molecule has 6 nitrogen and oxygen atoms in total. The predicted octanol–water partition coefficient (Wildman–Crippen LogP) is 2.98. The number of carboxylic acid groups (broad SMARTS) is 1. The average molecular weight is 345 g/mol. The summed E-state index contributed by atoms with van der Waals surface area (Å²) in [7, 11) is 0. The van der Waals surface area contributed by atoms with Gasteiger partial charge in [0, 0.05) is 19.3 Å². The summed E-state index contributed by atoms with van der Waals surface area (Å²) in [4.78, 5) is 30.5. The number of nitrogens with one attached hydrogen (secondary N) is 1. The summed E-state index contributed by atoms with van der Waals surface area (Å²) in [5.74, 6) is -0.172. The van der Waals surface area contributed by atoms with Gasteiger partial charge in [0.1, 0.15) is 5.82 Å². The van der Waals surface area contributed by atoms with Crippen molar-refractivity contribution in [2.75, 3.05) is 18.0 Å². The molecular weight excluding hydrogens is 318 g/mol. The van der Waals surface area contributed by atoms with E-state index in [9.17, 15) is 9.59 Å². The van der Waals surface area contributed by atoms with Gasteiger partial charge in [-0.2, -0.15) is 0 Å². The number of nitrogens with zero attached hydrogens (tertiary/aromatic N) is 2. The van der Waals surface area contributed by atoms with E-state index in [1.54, 1.807) is 12.3 Å². The molecule has 1 amide bonds. The lowest BCUT2D eigenvalue weighted by Gasteiger charge is -2.28. The van der Waals surface area contributed by atoms with Crippen LogP contribution in [-0.2, 0) is 4.79 Å². The Morgan fingerprint density at radius 1 is 1.08 bits per heavy atom. The van der Waals surface area contributed by atoms with Crippen LogP contribution in [0.4, 0.5) is 5.82 Å². The molecule has 0 unspecified atom stereocenters. The molecule has 2 N–H and O–H groups in total. The number of aromatic nitrogens is 1. The van der Waals surface area contributed by atoms with E-state index in [2.05, 4.69) is 15.2 Å². The number of carbonyl (C=O) groups excluding carboxylic acids is 1. The van der Waals surface area contributed by atoms with E-state index in [-0.39, 0.29) is 12.3 Å². The highest BCUT2D eigenvalue weighted by molar-refractivity contribution is 5.95. The number of carbonyl (C=O) groups is 2. The van der Waals surface area contributed by atoms with Crippen molar-refractivity contribution in [3.05, 3.63) is 23.9 Å². The lowest BCUT2D eigenvalue weighted by molar-refractivity contribution is -0.138. The highest BCUT2D eigenvalue weighted by Crippen LogP contribution is 2.33. The lowest BCUT2D eigenvalue weighted by Crippen LogP contribution is -2.47. The second kappa shape index (κ2) is 7.85. The van der Waals surface area contributed by atoms with Crippen LogP contribution in [-0.4, -0.2) is 40.6 Å². The summed E-state index contributed by atoms with van der Waals surface area (Å²) in [6.45, 7) is 2.03. The zero-order valence-electron chi connectivity index (χ0n) is 14.7. The second-order valence-electron chi connectivity index (χ2n) is 7.32. The Morgan fingerprint density at radius 2 is 1.76 bits per heavy atom. The summed E-state index contributed by atoms with van der Waals surface area (Å²) < 4.78 is 0.